The van der Waals surface area contributed by atoms with E-state index in [1.807, 2.05) is 56.3 Å². The first-order valence-corrected chi connectivity index (χ1v) is 8.28. The van der Waals surface area contributed by atoms with Crippen LogP contribution in [0.1, 0.15) is 11.1 Å². The monoisotopic (exact) mass is 369 g/mol. The van der Waals surface area contributed by atoms with Crippen molar-refractivity contribution >= 4 is 35.0 Å². The summed E-state index contributed by atoms with van der Waals surface area (Å²) in [6, 6.07) is 12.8. The molecule has 0 saturated carbocycles. The highest BCUT2D eigenvalue weighted by molar-refractivity contribution is 6.31. The molecule has 0 heterocycles. The van der Waals surface area contributed by atoms with E-state index in [1.165, 1.54) is 7.11 Å². The fourth-order valence-corrected chi connectivity index (χ4v) is 2.46. The van der Waals surface area contributed by atoms with Crippen molar-refractivity contribution in [1.82, 2.24) is 0 Å². The van der Waals surface area contributed by atoms with Gasteiger partial charge in [-0.2, -0.15) is 5.26 Å². The zero-order chi connectivity index (χ0) is 19.3. The van der Waals surface area contributed by atoms with Gasteiger partial charge in [-0.1, -0.05) is 23.7 Å². The number of ether oxygens (including phenoxy) is 1. The van der Waals surface area contributed by atoms with Gasteiger partial charge in [-0.15, -0.1) is 0 Å². The van der Waals surface area contributed by atoms with Crippen LogP contribution in [0.2, 0.25) is 5.02 Å². The predicted octanol–water partition coefficient (Wildman–Crippen LogP) is 4.27. The summed E-state index contributed by atoms with van der Waals surface area (Å²) in [5.41, 5.74) is 3.05. The summed E-state index contributed by atoms with van der Waals surface area (Å²) in [6.45, 7) is 1.82. The molecule has 134 valence electrons. The number of benzene rings is 2. The molecule has 6 heteroatoms. The zero-order valence-corrected chi connectivity index (χ0v) is 15.9. The summed E-state index contributed by atoms with van der Waals surface area (Å²) in [5.74, 6) is -0.0780. The molecule has 2 rings (SSSR count). The third kappa shape index (κ3) is 4.56. The first-order chi connectivity index (χ1) is 12.3. The van der Waals surface area contributed by atoms with Crippen LogP contribution in [-0.4, -0.2) is 27.1 Å². The molecular weight excluding hydrogens is 350 g/mol. The molecule has 2 aromatic rings. The van der Waals surface area contributed by atoms with Crippen molar-refractivity contribution < 1.29 is 9.53 Å². The number of aryl methyl sites for hydroxylation is 1. The van der Waals surface area contributed by atoms with E-state index in [2.05, 4.69) is 5.32 Å². The van der Waals surface area contributed by atoms with E-state index in [9.17, 15) is 10.1 Å². The summed E-state index contributed by atoms with van der Waals surface area (Å²) in [4.78, 5) is 14.5. The minimum absolute atomic E-state index is 0.00254. The van der Waals surface area contributed by atoms with Crippen molar-refractivity contribution in [3.63, 3.8) is 0 Å². The number of nitrogens with zero attached hydrogens (tertiary/aromatic N) is 2. The van der Waals surface area contributed by atoms with Gasteiger partial charge in [0, 0.05) is 30.9 Å². The molecule has 0 aliphatic heterocycles. The number of halogens is 1. The molecule has 0 aliphatic rings. The molecule has 0 bridgehead atoms. The molecule has 0 unspecified atom stereocenters. The average molecular weight is 370 g/mol. The highest BCUT2D eigenvalue weighted by atomic mass is 35.5. The average Bonchev–Trinajstić information content (AvgIpc) is 2.62. The van der Waals surface area contributed by atoms with Crippen molar-refractivity contribution in [3.05, 3.63) is 58.1 Å². The number of nitriles is 1. The Balaban J connectivity index is 2.27. The Morgan fingerprint density at radius 1 is 1.27 bits per heavy atom. The molecule has 0 saturated heterocycles. The van der Waals surface area contributed by atoms with Crippen molar-refractivity contribution in [3.8, 4) is 11.8 Å². The van der Waals surface area contributed by atoms with Crippen LogP contribution in [0.25, 0.3) is 6.08 Å². The Hall–Kier alpha value is -2.97. The van der Waals surface area contributed by atoms with Crippen LogP contribution >= 0.6 is 11.6 Å². The molecular formula is C20H20ClN3O2. The van der Waals surface area contributed by atoms with Crippen LogP contribution < -0.4 is 15.0 Å². The first kappa shape index (κ1) is 19.4. The maximum Gasteiger partial charge on any atom is 0.266 e. The van der Waals surface area contributed by atoms with Gasteiger partial charge < -0.3 is 15.0 Å². The molecule has 0 aromatic heterocycles. The molecule has 0 radical (unpaired) electrons. The lowest BCUT2D eigenvalue weighted by Crippen LogP contribution is -2.14. The Labute approximate surface area is 158 Å². The highest BCUT2D eigenvalue weighted by Gasteiger charge is 2.14. The SMILES string of the molecule is COc1cc(Cl)c(C)cc1NC(=O)/C(C#N)=C/c1ccc(N(C)C)cc1. The third-order valence-corrected chi connectivity index (χ3v) is 4.22. The van der Waals surface area contributed by atoms with Gasteiger partial charge in [0.2, 0.25) is 0 Å². The molecule has 26 heavy (non-hydrogen) atoms. The van der Waals surface area contributed by atoms with E-state index >= 15 is 0 Å². The molecule has 2 aromatic carbocycles. The Kier molecular flexibility index (Phi) is 6.26. The van der Waals surface area contributed by atoms with Gasteiger partial charge in [0.1, 0.15) is 17.4 Å². The summed E-state index contributed by atoms with van der Waals surface area (Å²) in [7, 11) is 5.38. The number of nitrogens with one attached hydrogen (secondary N) is 1. The van der Waals surface area contributed by atoms with Gasteiger partial charge in [-0.3, -0.25) is 4.79 Å². The van der Waals surface area contributed by atoms with Crippen LogP contribution in [0.4, 0.5) is 11.4 Å². The van der Waals surface area contributed by atoms with Crippen LogP contribution in [0, 0.1) is 18.3 Å². The third-order valence-electron chi connectivity index (χ3n) is 3.81. The second-order valence-corrected chi connectivity index (χ2v) is 6.32. The summed E-state index contributed by atoms with van der Waals surface area (Å²) in [5, 5.41) is 12.6. The summed E-state index contributed by atoms with van der Waals surface area (Å²) < 4.78 is 5.24. The van der Waals surface area contributed by atoms with Gasteiger partial charge in [-0.05, 0) is 42.3 Å². The largest absolute Gasteiger partial charge is 0.495 e. The van der Waals surface area contributed by atoms with E-state index in [0.717, 1.165) is 16.8 Å². The van der Waals surface area contributed by atoms with E-state index < -0.39 is 5.91 Å². The van der Waals surface area contributed by atoms with E-state index in [0.29, 0.717) is 16.5 Å². The quantitative estimate of drug-likeness (QED) is 0.631. The molecule has 0 atom stereocenters. The molecule has 1 N–H and O–H groups in total. The zero-order valence-electron chi connectivity index (χ0n) is 15.1. The van der Waals surface area contributed by atoms with E-state index in [1.54, 1.807) is 18.2 Å². The number of rotatable bonds is 5. The van der Waals surface area contributed by atoms with Gasteiger partial charge in [0.15, 0.2) is 0 Å². The van der Waals surface area contributed by atoms with E-state index in [-0.39, 0.29) is 5.57 Å². The topological polar surface area (TPSA) is 65.4 Å². The maximum atomic E-state index is 12.5. The molecule has 5 nitrogen and oxygen atoms in total. The minimum atomic E-state index is -0.510. The number of hydrogen-bond donors (Lipinski definition) is 1. The lowest BCUT2D eigenvalue weighted by molar-refractivity contribution is -0.112. The van der Waals surface area contributed by atoms with Crippen molar-refractivity contribution in [1.29, 1.82) is 5.26 Å². The minimum Gasteiger partial charge on any atom is -0.495 e. The Morgan fingerprint density at radius 2 is 1.92 bits per heavy atom. The second kappa shape index (κ2) is 8.41. The fraction of sp³-hybridized carbons (Fsp3) is 0.200. The van der Waals surface area contributed by atoms with Crippen LogP contribution in [0.3, 0.4) is 0 Å². The fourth-order valence-electron chi connectivity index (χ4n) is 2.30. The molecule has 1 amide bonds. The summed E-state index contributed by atoms with van der Waals surface area (Å²) in [6.07, 6.45) is 1.55. The lowest BCUT2D eigenvalue weighted by atomic mass is 10.1. The van der Waals surface area contributed by atoms with E-state index in [4.69, 9.17) is 16.3 Å². The lowest BCUT2D eigenvalue weighted by Gasteiger charge is -2.12. The van der Waals surface area contributed by atoms with Crippen molar-refractivity contribution in [2.75, 3.05) is 31.4 Å². The van der Waals surface area contributed by atoms with Gasteiger partial charge in [0.05, 0.1) is 12.8 Å². The molecule has 0 fully saturated rings. The number of methoxy groups -OCH3 is 1. The molecule has 0 spiro atoms. The van der Waals surface area contributed by atoms with Crippen molar-refractivity contribution in [2.45, 2.75) is 6.92 Å². The number of carbonyl (C=O) groups excluding carboxylic acids is 1. The van der Waals surface area contributed by atoms with Gasteiger partial charge in [0.25, 0.3) is 5.91 Å². The summed E-state index contributed by atoms with van der Waals surface area (Å²) >= 11 is 6.07. The van der Waals surface area contributed by atoms with Gasteiger partial charge in [-0.25, -0.2) is 0 Å². The normalized spacial score (nSPS) is 10.8. The smallest absolute Gasteiger partial charge is 0.266 e. The number of anilines is 2. The van der Waals surface area contributed by atoms with Crippen LogP contribution in [0.5, 0.6) is 5.75 Å². The van der Waals surface area contributed by atoms with Gasteiger partial charge >= 0.3 is 0 Å². The Morgan fingerprint density at radius 3 is 2.46 bits per heavy atom. The highest BCUT2D eigenvalue weighted by Crippen LogP contribution is 2.31. The predicted molar refractivity (Wildman–Crippen MR) is 106 cm³/mol. The number of hydrogen-bond acceptors (Lipinski definition) is 4. The Bertz CT molecular complexity index is 881. The standard InChI is InChI=1S/C20H20ClN3O2/c1-13-9-18(19(26-4)11-17(13)21)23-20(25)15(12-22)10-14-5-7-16(8-6-14)24(2)3/h5-11H,1-4H3,(H,23,25)/b15-10+. The van der Waals surface area contributed by atoms with Crippen LogP contribution in [-0.2, 0) is 4.79 Å². The maximum absolute atomic E-state index is 12.5. The van der Waals surface area contributed by atoms with Crippen molar-refractivity contribution in [2.24, 2.45) is 0 Å². The number of carbonyl (C=O) groups is 1. The second-order valence-electron chi connectivity index (χ2n) is 5.91. The van der Waals surface area contributed by atoms with Crippen LogP contribution in [0.15, 0.2) is 42.0 Å². The molecule has 0 aliphatic carbocycles. The first-order valence-electron chi connectivity index (χ1n) is 7.90. The number of amides is 1.